The number of rotatable bonds is 3. The largest absolute Gasteiger partial charge is 0.321 e. The highest BCUT2D eigenvalue weighted by Crippen LogP contribution is 2.45. The Morgan fingerprint density at radius 2 is 1.85 bits per heavy atom. The average molecular weight is 380 g/mol. The minimum absolute atomic E-state index is 0.158. The number of carbonyl (C=O) groups excluding carboxylic acids is 2. The van der Waals surface area contributed by atoms with Crippen LogP contribution >= 0.6 is 11.3 Å². The Morgan fingerprint density at radius 1 is 1.15 bits per heavy atom. The second-order valence-corrected chi connectivity index (χ2v) is 7.47. The van der Waals surface area contributed by atoms with Crippen molar-refractivity contribution < 1.29 is 14.0 Å². The van der Waals surface area contributed by atoms with E-state index in [1.165, 1.54) is 17.4 Å². The second-order valence-electron chi connectivity index (χ2n) is 6.45. The third kappa shape index (κ3) is 3.24. The normalized spacial score (nSPS) is 15.8. The van der Waals surface area contributed by atoms with Crippen molar-refractivity contribution >= 4 is 33.8 Å². The molecule has 0 fully saturated rings. The molecule has 0 spiro atoms. The van der Waals surface area contributed by atoms with Gasteiger partial charge in [-0.15, -0.1) is 11.3 Å². The lowest BCUT2D eigenvalue weighted by atomic mass is 9.84. The van der Waals surface area contributed by atoms with Gasteiger partial charge in [-0.05, 0) is 41.8 Å². The van der Waals surface area contributed by atoms with Crippen LogP contribution < -0.4 is 10.6 Å². The van der Waals surface area contributed by atoms with Crippen molar-refractivity contribution in [3.8, 4) is 0 Å². The zero-order chi connectivity index (χ0) is 19.0. The lowest BCUT2D eigenvalue weighted by molar-refractivity contribution is -0.116. The smallest absolute Gasteiger partial charge is 0.266 e. The number of carbonyl (C=O) groups is 2. The quantitative estimate of drug-likeness (QED) is 0.677. The maximum absolute atomic E-state index is 14.4. The van der Waals surface area contributed by atoms with Crippen molar-refractivity contribution in [3.63, 3.8) is 0 Å². The molecule has 1 aliphatic rings. The topological polar surface area (TPSA) is 58.2 Å². The summed E-state index contributed by atoms with van der Waals surface area (Å²) in [5, 5.41) is 6.33. The molecule has 6 heteroatoms. The Balaban J connectivity index is 1.74. The first kappa shape index (κ1) is 17.4. The van der Waals surface area contributed by atoms with Crippen LogP contribution in [0.3, 0.4) is 0 Å². The lowest BCUT2D eigenvalue weighted by Gasteiger charge is -2.24. The molecule has 2 aromatic carbocycles. The highest BCUT2D eigenvalue weighted by molar-refractivity contribution is 7.18. The Hall–Kier alpha value is -2.99. The summed E-state index contributed by atoms with van der Waals surface area (Å²) in [6.45, 7) is 1.85. The van der Waals surface area contributed by atoms with Crippen molar-refractivity contribution in [1.82, 2.24) is 0 Å². The minimum Gasteiger partial charge on any atom is -0.321 e. The van der Waals surface area contributed by atoms with Crippen LogP contribution in [0.1, 0.15) is 38.7 Å². The fraction of sp³-hybridized carbons (Fsp3) is 0.143. The van der Waals surface area contributed by atoms with Gasteiger partial charge in [0.1, 0.15) is 5.82 Å². The number of amides is 2. The number of para-hydroxylation sites is 1. The monoisotopic (exact) mass is 380 g/mol. The number of benzene rings is 2. The van der Waals surface area contributed by atoms with Gasteiger partial charge in [0.25, 0.3) is 5.91 Å². The first-order valence-corrected chi connectivity index (χ1v) is 9.40. The van der Waals surface area contributed by atoms with E-state index in [4.69, 9.17) is 0 Å². The molecule has 0 saturated heterocycles. The Labute approximate surface area is 160 Å². The Morgan fingerprint density at radius 3 is 2.59 bits per heavy atom. The summed E-state index contributed by atoms with van der Waals surface area (Å²) in [7, 11) is 0. The number of halogens is 1. The van der Waals surface area contributed by atoms with E-state index in [2.05, 4.69) is 10.6 Å². The molecule has 4 nitrogen and oxygen atoms in total. The van der Waals surface area contributed by atoms with E-state index in [-0.39, 0.29) is 24.1 Å². The molecule has 2 amide bonds. The molecular weight excluding hydrogens is 363 g/mol. The van der Waals surface area contributed by atoms with Gasteiger partial charge in [0, 0.05) is 18.0 Å². The van der Waals surface area contributed by atoms with Gasteiger partial charge in [0.15, 0.2) is 0 Å². The van der Waals surface area contributed by atoms with Crippen LogP contribution in [0.2, 0.25) is 0 Å². The molecule has 2 heterocycles. The zero-order valence-corrected chi connectivity index (χ0v) is 15.4. The average Bonchev–Trinajstić information content (AvgIpc) is 2.99. The van der Waals surface area contributed by atoms with Crippen molar-refractivity contribution in [1.29, 1.82) is 0 Å². The molecule has 0 aliphatic carbocycles. The number of fused-ring (bicyclic) bond motifs is 1. The first-order valence-electron chi connectivity index (χ1n) is 8.58. The molecule has 4 rings (SSSR count). The van der Waals surface area contributed by atoms with E-state index in [1.807, 2.05) is 37.3 Å². The number of hydrogen-bond acceptors (Lipinski definition) is 3. The van der Waals surface area contributed by atoms with Crippen LogP contribution in [0.5, 0.6) is 0 Å². The summed E-state index contributed by atoms with van der Waals surface area (Å²) in [5.74, 6) is -1.15. The SMILES string of the molecule is Cc1c(C(=O)Nc2ccccc2)sc2c1C(c1ccccc1F)CC(=O)N2. The molecule has 27 heavy (non-hydrogen) atoms. The molecule has 1 atom stereocenters. The molecule has 1 aromatic heterocycles. The van der Waals surface area contributed by atoms with E-state index in [0.29, 0.717) is 21.1 Å². The molecule has 1 unspecified atom stereocenters. The number of hydrogen-bond donors (Lipinski definition) is 2. The Bertz CT molecular complexity index is 1030. The maximum atomic E-state index is 14.4. The molecule has 3 aromatic rings. The van der Waals surface area contributed by atoms with Crippen LogP contribution in [0, 0.1) is 12.7 Å². The summed E-state index contributed by atoms with van der Waals surface area (Å²) in [6.07, 6.45) is 0.158. The number of anilines is 2. The van der Waals surface area contributed by atoms with Crippen LogP contribution in [0.4, 0.5) is 15.1 Å². The van der Waals surface area contributed by atoms with Crippen LogP contribution in [0.25, 0.3) is 0 Å². The van der Waals surface area contributed by atoms with E-state index in [9.17, 15) is 14.0 Å². The number of thiophene rings is 1. The highest BCUT2D eigenvalue weighted by atomic mass is 32.1. The summed E-state index contributed by atoms with van der Waals surface area (Å²) in [4.78, 5) is 25.5. The Kier molecular flexibility index (Phi) is 4.49. The van der Waals surface area contributed by atoms with Gasteiger partial charge in [-0.3, -0.25) is 9.59 Å². The lowest BCUT2D eigenvalue weighted by Crippen LogP contribution is -2.23. The third-order valence-electron chi connectivity index (χ3n) is 4.70. The van der Waals surface area contributed by atoms with Gasteiger partial charge < -0.3 is 10.6 Å². The van der Waals surface area contributed by atoms with Crippen molar-refractivity contribution in [2.75, 3.05) is 10.6 Å². The van der Waals surface area contributed by atoms with Crippen LogP contribution in [-0.2, 0) is 4.79 Å². The van der Waals surface area contributed by atoms with Gasteiger partial charge in [-0.1, -0.05) is 36.4 Å². The fourth-order valence-electron chi connectivity index (χ4n) is 3.45. The van der Waals surface area contributed by atoms with Crippen LogP contribution in [0.15, 0.2) is 54.6 Å². The summed E-state index contributed by atoms with van der Waals surface area (Å²) >= 11 is 1.23. The molecule has 0 bridgehead atoms. The first-order chi connectivity index (χ1) is 13.0. The standard InChI is InChI=1S/C21H17FN2O2S/c1-12-18-15(14-9-5-6-10-16(14)22)11-17(25)24-21(18)27-19(12)20(26)23-13-7-3-2-4-8-13/h2-10,15H,11H2,1H3,(H,23,26)(H,24,25). The second kappa shape index (κ2) is 6.96. The van der Waals surface area contributed by atoms with Crippen LogP contribution in [-0.4, -0.2) is 11.8 Å². The highest BCUT2D eigenvalue weighted by Gasteiger charge is 2.34. The minimum atomic E-state index is -0.399. The van der Waals surface area contributed by atoms with Gasteiger partial charge in [-0.25, -0.2) is 4.39 Å². The molecule has 0 saturated carbocycles. The zero-order valence-electron chi connectivity index (χ0n) is 14.6. The predicted octanol–water partition coefficient (Wildman–Crippen LogP) is 4.92. The van der Waals surface area contributed by atoms with Crippen molar-refractivity contribution in [2.45, 2.75) is 19.3 Å². The summed E-state index contributed by atoms with van der Waals surface area (Å²) in [6, 6.07) is 15.7. The summed E-state index contributed by atoms with van der Waals surface area (Å²) in [5.41, 5.74) is 2.77. The van der Waals surface area contributed by atoms with E-state index >= 15 is 0 Å². The predicted molar refractivity (Wildman–Crippen MR) is 105 cm³/mol. The third-order valence-corrected chi connectivity index (χ3v) is 5.92. The molecule has 0 radical (unpaired) electrons. The van der Waals surface area contributed by atoms with E-state index in [1.54, 1.807) is 18.2 Å². The summed E-state index contributed by atoms with van der Waals surface area (Å²) < 4.78 is 14.4. The van der Waals surface area contributed by atoms with Crippen molar-refractivity contribution in [3.05, 3.63) is 82.0 Å². The molecule has 1 aliphatic heterocycles. The number of nitrogens with one attached hydrogen (secondary N) is 2. The van der Waals surface area contributed by atoms with Gasteiger partial charge in [0.05, 0.1) is 9.88 Å². The van der Waals surface area contributed by atoms with Gasteiger partial charge >= 0.3 is 0 Å². The van der Waals surface area contributed by atoms with Gasteiger partial charge in [0.2, 0.25) is 5.91 Å². The maximum Gasteiger partial charge on any atom is 0.266 e. The fourth-order valence-corrected chi connectivity index (χ4v) is 4.63. The van der Waals surface area contributed by atoms with Crippen molar-refractivity contribution in [2.24, 2.45) is 0 Å². The van der Waals surface area contributed by atoms with E-state index in [0.717, 1.165) is 11.1 Å². The molecular formula is C21H17FN2O2S. The van der Waals surface area contributed by atoms with E-state index < -0.39 is 5.92 Å². The molecule has 2 N–H and O–H groups in total. The van der Waals surface area contributed by atoms with Gasteiger partial charge in [-0.2, -0.15) is 0 Å². The molecule has 136 valence electrons.